The van der Waals surface area contributed by atoms with E-state index in [1.807, 2.05) is 0 Å². The summed E-state index contributed by atoms with van der Waals surface area (Å²) in [6.45, 7) is 10.1. The summed E-state index contributed by atoms with van der Waals surface area (Å²) >= 11 is 0. The first-order chi connectivity index (χ1) is 8.11. The van der Waals surface area contributed by atoms with Gasteiger partial charge in [0.1, 0.15) is 0 Å². The smallest absolute Gasteiger partial charge is 0.334 e. The standard InChI is InChI=1S/C14H26O2Si/c1-5-15-17(4,16-6-2)12-8-11-14-10-7-9-13(14)3/h7,9-10,13H,5-6,8,11-12H2,1-4H3. The lowest BCUT2D eigenvalue weighted by atomic mass is 10.0. The van der Waals surface area contributed by atoms with Crippen LogP contribution in [0.25, 0.3) is 0 Å². The summed E-state index contributed by atoms with van der Waals surface area (Å²) < 4.78 is 11.7. The fourth-order valence-electron chi connectivity index (χ4n) is 2.34. The molecule has 0 radical (unpaired) electrons. The van der Waals surface area contributed by atoms with Gasteiger partial charge >= 0.3 is 8.56 Å². The van der Waals surface area contributed by atoms with Crippen LogP contribution in [0.3, 0.4) is 0 Å². The van der Waals surface area contributed by atoms with E-state index in [0.717, 1.165) is 19.3 Å². The summed E-state index contributed by atoms with van der Waals surface area (Å²) in [5.74, 6) is 0.627. The van der Waals surface area contributed by atoms with Crippen LogP contribution in [0.5, 0.6) is 0 Å². The highest BCUT2D eigenvalue weighted by Gasteiger charge is 2.30. The molecular weight excluding hydrogens is 228 g/mol. The van der Waals surface area contributed by atoms with Gasteiger partial charge in [0.2, 0.25) is 0 Å². The second-order valence-corrected chi connectivity index (χ2v) is 8.11. The lowest BCUT2D eigenvalue weighted by Crippen LogP contribution is -2.38. The quantitative estimate of drug-likeness (QED) is 0.609. The van der Waals surface area contributed by atoms with E-state index in [0.29, 0.717) is 5.92 Å². The zero-order valence-corrected chi connectivity index (χ0v) is 12.7. The van der Waals surface area contributed by atoms with Crippen molar-refractivity contribution in [2.45, 2.75) is 46.2 Å². The summed E-state index contributed by atoms with van der Waals surface area (Å²) in [6.07, 6.45) is 9.04. The summed E-state index contributed by atoms with van der Waals surface area (Å²) in [6, 6.07) is 1.10. The molecule has 17 heavy (non-hydrogen) atoms. The van der Waals surface area contributed by atoms with E-state index < -0.39 is 8.56 Å². The highest BCUT2D eigenvalue weighted by Crippen LogP contribution is 2.26. The van der Waals surface area contributed by atoms with Crippen LogP contribution in [-0.4, -0.2) is 21.8 Å². The van der Waals surface area contributed by atoms with Gasteiger partial charge in [-0.15, -0.1) is 0 Å². The molecule has 0 amide bonds. The molecular formula is C14H26O2Si. The largest absolute Gasteiger partial charge is 0.395 e. The average Bonchev–Trinajstić information content (AvgIpc) is 2.65. The van der Waals surface area contributed by atoms with Crippen molar-refractivity contribution in [3.05, 3.63) is 23.8 Å². The van der Waals surface area contributed by atoms with Crippen LogP contribution in [0.1, 0.15) is 33.6 Å². The predicted molar refractivity (Wildman–Crippen MR) is 75.3 cm³/mol. The molecule has 0 aromatic heterocycles. The minimum Gasteiger partial charge on any atom is -0.395 e. The van der Waals surface area contributed by atoms with Crippen molar-refractivity contribution < 1.29 is 8.85 Å². The molecule has 0 heterocycles. The monoisotopic (exact) mass is 254 g/mol. The van der Waals surface area contributed by atoms with Gasteiger partial charge in [0.05, 0.1) is 0 Å². The van der Waals surface area contributed by atoms with Crippen LogP contribution < -0.4 is 0 Å². The second kappa shape index (κ2) is 7.14. The van der Waals surface area contributed by atoms with Crippen LogP contribution in [0.15, 0.2) is 23.8 Å². The maximum absolute atomic E-state index is 5.84. The van der Waals surface area contributed by atoms with Gasteiger partial charge in [-0.3, -0.25) is 0 Å². The summed E-state index contributed by atoms with van der Waals surface area (Å²) in [5, 5.41) is 0. The van der Waals surface area contributed by atoms with Crippen molar-refractivity contribution in [1.29, 1.82) is 0 Å². The summed E-state index contributed by atoms with van der Waals surface area (Å²) in [7, 11) is -1.89. The van der Waals surface area contributed by atoms with Crippen molar-refractivity contribution in [3.63, 3.8) is 0 Å². The lowest BCUT2D eigenvalue weighted by Gasteiger charge is -2.26. The minimum absolute atomic E-state index is 0.627. The Morgan fingerprint density at radius 2 is 1.88 bits per heavy atom. The van der Waals surface area contributed by atoms with Crippen molar-refractivity contribution >= 4 is 8.56 Å². The van der Waals surface area contributed by atoms with Gasteiger partial charge in [-0.2, -0.15) is 0 Å². The fourth-order valence-corrected chi connectivity index (χ4v) is 4.75. The van der Waals surface area contributed by atoms with Gasteiger partial charge in [-0.1, -0.05) is 30.7 Å². The van der Waals surface area contributed by atoms with Crippen LogP contribution >= 0.6 is 0 Å². The molecule has 3 heteroatoms. The zero-order chi connectivity index (χ0) is 12.7. The Bertz CT molecular complexity index is 278. The van der Waals surface area contributed by atoms with Gasteiger partial charge in [0.15, 0.2) is 0 Å². The Kier molecular flexibility index (Phi) is 6.16. The van der Waals surface area contributed by atoms with E-state index in [9.17, 15) is 0 Å². The molecule has 1 rings (SSSR count). The third-order valence-corrected chi connectivity index (χ3v) is 6.35. The molecule has 0 N–H and O–H groups in total. The van der Waals surface area contributed by atoms with Crippen LogP contribution in [-0.2, 0) is 8.85 Å². The van der Waals surface area contributed by atoms with Gasteiger partial charge in [0, 0.05) is 13.2 Å². The predicted octanol–water partition coefficient (Wildman–Crippen LogP) is 4.04. The van der Waals surface area contributed by atoms with Crippen molar-refractivity contribution in [3.8, 4) is 0 Å². The zero-order valence-electron chi connectivity index (χ0n) is 11.7. The number of hydrogen-bond acceptors (Lipinski definition) is 2. The number of rotatable bonds is 8. The maximum atomic E-state index is 5.84. The van der Waals surface area contributed by atoms with Crippen molar-refractivity contribution in [2.24, 2.45) is 5.92 Å². The Labute approximate surface area is 107 Å². The van der Waals surface area contributed by atoms with Crippen molar-refractivity contribution in [1.82, 2.24) is 0 Å². The van der Waals surface area contributed by atoms with Crippen molar-refractivity contribution in [2.75, 3.05) is 13.2 Å². The normalized spacial score (nSPS) is 19.8. The summed E-state index contributed by atoms with van der Waals surface area (Å²) in [5.41, 5.74) is 1.55. The Hall–Kier alpha value is -0.383. The molecule has 0 aromatic carbocycles. The third kappa shape index (κ3) is 4.78. The molecule has 0 aromatic rings. The van der Waals surface area contributed by atoms with E-state index in [4.69, 9.17) is 8.85 Å². The van der Waals surface area contributed by atoms with E-state index >= 15 is 0 Å². The average molecular weight is 254 g/mol. The lowest BCUT2D eigenvalue weighted by molar-refractivity contribution is 0.188. The van der Waals surface area contributed by atoms with E-state index in [-0.39, 0.29) is 0 Å². The van der Waals surface area contributed by atoms with Gasteiger partial charge in [-0.25, -0.2) is 0 Å². The molecule has 0 fully saturated rings. The molecule has 1 aliphatic carbocycles. The SMILES string of the molecule is CCO[Si](C)(CCCC1=CC=CC1C)OCC. The first-order valence-electron chi connectivity index (χ1n) is 6.76. The Morgan fingerprint density at radius 1 is 1.24 bits per heavy atom. The minimum atomic E-state index is -1.89. The molecule has 1 aliphatic rings. The molecule has 2 nitrogen and oxygen atoms in total. The highest BCUT2D eigenvalue weighted by molar-refractivity contribution is 6.66. The topological polar surface area (TPSA) is 18.5 Å². The second-order valence-electron chi connectivity index (χ2n) is 4.77. The third-order valence-electron chi connectivity index (χ3n) is 3.29. The first-order valence-corrected chi connectivity index (χ1v) is 9.29. The molecule has 0 spiro atoms. The highest BCUT2D eigenvalue weighted by atomic mass is 28.4. The summed E-state index contributed by atoms with van der Waals surface area (Å²) in [4.78, 5) is 0. The molecule has 98 valence electrons. The Morgan fingerprint density at radius 3 is 2.35 bits per heavy atom. The number of allylic oxidation sites excluding steroid dienone is 4. The van der Waals surface area contributed by atoms with Crippen LogP contribution in [0.2, 0.25) is 12.6 Å². The molecule has 0 bridgehead atoms. The molecule has 1 atom stereocenters. The maximum Gasteiger partial charge on any atom is 0.334 e. The van der Waals surface area contributed by atoms with E-state index in [2.05, 4.69) is 45.5 Å². The molecule has 1 unspecified atom stereocenters. The van der Waals surface area contributed by atoms with Crippen LogP contribution in [0, 0.1) is 5.92 Å². The molecule has 0 aliphatic heterocycles. The fraction of sp³-hybridized carbons (Fsp3) is 0.714. The number of hydrogen-bond donors (Lipinski definition) is 0. The molecule has 0 saturated carbocycles. The Balaban J connectivity index is 2.32. The molecule has 0 saturated heterocycles. The van der Waals surface area contributed by atoms with Gasteiger partial charge in [-0.05, 0) is 45.2 Å². The van der Waals surface area contributed by atoms with Gasteiger partial charge < -0.3 is 8.85 Å². The first kappa shape index (κ1) is 14.7. The van der Waals surface area contributed by atoms with E-state index in [1.165, 1.54) is 12.8 Å². The van der Waals surface area contributed by atoms with Crippen LogP contribution in [0.4, 0.5) is 0 Å². The van der Waals surface area contributed by atoms with E-state index in [1.54, 1.807) is 5.57 Å². The van der Waals surface area contributed by atoms with Gasteiger partial charge in [0.25, 0.3) is 0 Å².